The highest BCUT2D eigenvalue weighted by Gasteiger charge is 2.25. The molecule has 2 aromatic carbocycles. The Morgan fingerprint density at radius 1 is 0.704 bits per heavy atom. The molecule has 8 nitrogen and oxygen atoms in total. The van der Waals surface area contributed by atoms with E-state index in [2.05, 4.69) is 100 Å². The molecule has 4 aromatic heterocycles. The predicted molar refractivity (Wildman–Crippen MR) is 233 cm³/mol. The van der Waals surface area contributed by atoms with E-state index in [-0.39, 0.29) is 0 Å². The summed E-state index contributed by atoms with van der Waals surface area (Å²) in [5, 5.41) is 14.1. The molecule has 0 bridgehead atoms. The Morgan fingerprint density at radius 3 is 1.61 bits per heavy atom. The molecule has 0 spiro atoms. The summed E-state index contributed by atoms with van der Waals surface area (Å²) in [5.74, 6) is 2.46. The molecule has 0 amide bonds. The van der Waals surface area contributed by atoms with E-state index in [1.807, 2.05) is 35.0 Å². The van der Waals surface area contributed by atoms with Crippen LogP contribution < -0.4 is 22.1 Å². The molecule has 2 aliphatic rings. The van der Waals surface area contributed by atoms with Crippen LogP contribution in [0.4, 0.5) is 11.4 Å². The van der Waals surface area contributed by atoms with Crippen molar-refractivity contribution < 1.29 is 0 Å². The lowest BCUT2D eigenvalue weighted by atomic mass is 9.81. The number of aliphatic imine (C=N–C) groups is 2. The fourth-order valence-electron chi connectivity index (χ4n) is 8.32. The second-order valence-corrected chi connectivity index (χ2v) is 17.2. The van der Waals surface area contributed by atoms with Crippen LogP contribution in [0.2, 0.25) is 0 Å². The first kappa shape index (κ1) is 38.1. The van der Waals surface area contributed by atoms with Gasteiger partial charge in [0.05, 0.1) is 21.1 Å². The molecule has 54 heavy (non-hydrogen) atoms. The first-order chi connectivity index (χ1) is 26.3. The quantitative estimate of drug-likeness (QED) is 0.0579. The summed E-state index contributed by atoms with van der Waals surface area (Å²) in [6.07, 6.45) is 15.7. The van der Waals surface area contributed by atoms with Crippen LogP contribution in [0.25, 0.3) is 21.8 Å². The number of amidine groups is 2. The average Bonchev–Trinajstić information content (AvgIpc) is 4.02. The molecule has 6 aromatic rings. The summed E-state index contributed by atoms with van der Waals surface area (Å²) in [5.41, 5.74) is 19.3. The van der Waals surface area contributed by atoms with Gasteiger partial charge in [0, 0.05) is 52.3 Å². The maximum absolute atomic E-state index is 6.13. The monoisotopic (exact) mass is 760 g/mol. The van der Waals surface area contributed by atoms with Crippen molar-refractivity contribution in [3.8, 4) is 0 Å². The zero-order valence-corrected chi connectivity index (χ0v) is 33.5. The minimum atomic E-state index is 0.570. The van der Waals surface area contributed by atoms with Gasteiger partial charge >= 0.3 is 0 Å². The van der Waals surface area contributed by atoms with Crippen LogP contribution in [0, 0.1) is 0 Å². The van der Waals surface area contributed by atoms with Crippen molar-refractivity contribution >= 4 is 67.5 Å². The number of aromatic nitrogens is 2. The highest BCUT2D eigenvalue weighted by atomic mass is 32.1. The van der Waals surface area contributed by atoms with E-state index >= 15 is 0 Å². The Morgan fingerprint density at radius 2 is 1.19 bits per heavy atom. The van der Waals surface area contributed by atoms with Crippen LogP contribution in [0.5, 0.6) is 0 Å². The Kier molecular flexibility index (Phi) is 12.6. The number of benzene rings is 2. The van der Waals surface area contributed by atoms with Gasteiger partial charge in [0.2, 0.25) is 0 Å². The Hall–Kier alpha value is -4.22. The normalized spacial score (nSPS) is 21.1. The van der Waals surface area contributed by atoms with Gasteiger partial charge in [-0.15, -0.1) is 22.7 Å². The first-order valence-corrected chi connectivity index (χ1v) is 21.6. The molecule has 2 saturated carbocycles. The van der Waals surface area contributed by atoms with Crippen LogP contribution in [0.1, 0.15) is 111 Å². The summed E-state index contributed by atoms with van der Waals surface area (Å²) >= 11 is 3.22. The number of nitrogens with two attached hydrogens (primary N) is 2. The van der Waals surface area contributed by atoms with Gasteiger partial charge in [-0.3, -0.25) is 0 Å². The van der Waals surface area contributed by atoms with E-state index in [0.717, 1.165) is 38.7 Å². The van der Waals surface area contributed by atoms with Gasteiger partial charge in [0.25, 0.3) is 0 Å². The minimum Gasteiger partial charge on any atom is -0.383 e. The number of fused-ring (bicyclic) bond motifs is 2. The maximum Gasteiger partial charge on any atom is 0.141 e. The van der Waals surface area contributed by atoms with E-state index in [4.69, 9.17) is 11.5 Å². The summed E-state index contributed by atoms with van der Waals surface area (Å²) in [6, 6.07) is 22.7. The molecule has 0 atom stereocenters. The molecule has 0 aliphatic heterocycles. The molecule has 2 aliphatic carbocycles. The molecule has 8 N–H and O–H groups in total. The van der Waals surface area contributed by atoms with Crippen molar-refractivity contribution in [2.45, 2.75) is 109 Å². The molecule has 0 saturated heterocycles. The number of aromatic amines is 2. The molecule has 0 unspecified atom stereocenters. The van der Waals surface area contributed by atoms with E-state index in [0.29, 0.717) is 41.6 Å². The molecule has 284 valence electrons. The SMILES string of the molecule is CC(C)NC1CCC(c2c[nH]c3cc(N=C(N)c4cccs4)ccc23)CC1.CCCNC1CCC(c2c[nH]c3cc(N=C(N)c4cccs4)ccc23)CC1. The molecule has 8 rings (SSSR count). The van der Waals surface area contributed by atoms with E-state index < -0.39 is 0 Å². The third-order valence-corrected chi connectivity index (χ3v) is 12.8. The van der Waals surface area contributed by atoms with Crippen molar-refractivity contribution in [1.29, 1.82) is 0 Å². The summed E-state index contributed by atoms with van der Waals surface area (Å²) in [4.78, 5) is 18.1. The second-order valence-electron chi connectivity index (χ2n) is 15.3. The highest BCUT2D eigenvalue weighted by Crippen LogP contribution is 2.39. The van der Waals surface area contributed by atoms with Crippen molar-refractivity contribution in [2.24, 2.45) is 21.5 Å². The number of hydrogen-bond donors (Lipinski definition) is 6. The Labute approximate surface area is 328 Å². The van der Waals surface area contributed by atoms with Gasteiger partial charge in [-0.2, -0.15) is 0 Å². The van der Waals surface area contributed by atoms with Gasteiger partial charge in [0.15, 0.2) is 0 Å². The lowest BCUT2D eigenvalue weighted by Gasteiger charge is -2.30. The number of rotatable bonds is 11. The molecular formula is C44H56N8S2. The standard InChI is InChI=1S/2C22H28N4S/c1-14(2)25-16-7-5-15(6-8-16)19-13-24-20-12-17(9-10-18(19)20)26-22(23)21-4-3-11-27-21;1-2-11-24-16-7-5-15(6-8-16)19-14-25-20-13-17(9-10-18(19)20)26-22(23)21-4-3-12-27-21/h3-4,9-16,24-25H,5-8H2,1-2H3,(H2,23,26);3-4,9-10,12-16,24-25H,2,5-8,11H2,1H3,(H2,23,26). The molecule has 0 radical (unpaired) electrons. The van der Waals surface area contributed by atoms with Crippen LogP contribution >= 0.6 is 22.7 Å². The van der Waals surface area contributed by atoms with E-state index in [9.17, 15) is 0 Å². The Balaban J connectivity index is 0.000000167. The zero-order valence-electron chi connectivity index (χ0n) is 31.9. The maximum atomic E-state index is 6.13. The van der Waals surface area contributed by atoms with Crippen LogP contribution in [0.3, 0.4) is 0 Å². The van der Waals surface area contributed by atoms with Crippen molar-refractivity contribution in [3.05, 3.63) is 105 Å². The van der Waals surface area contributed by atoms with Crippen LogP contribution in [-0.4, -0.2) is 46.3 Å². The number of thiophene rings is 2. The van der Waals surface area contributed by atoms with Gasteiger partial charge in [-0.05, 0) is 134 Å². The van der Waals surface area contributed by atoms with Crippen LogP contribution in [0.15, 0.2) is 93.8 Å². The smallest absolute Gasteiger partial charge is 0.141 e. The first-order valence-electron chi connectivity index (χ1n) is 19.8. The number of nitrogens with one attached hydrogen (secondary N) is 4. The predicted octanol–water partition coefficient (Wildman–Crippen LogP) is 10.6. The fourth-order valence-corrected chi connectivity index (χ4v) is 9.58. The van der Waals surface area contributed by atoms with Gasteiger partial charge < -0.3 is 32.1 Å². The highest BCUT2D eigenvalue weighted by molar-refractivity contribution is 7.12. The van der Waals surface area contributed by atoms with Gasteiger partial charge in [-0.25, -0.2) is 9.98 Å². The third kappa shape index (κ3) is 9.34. The zero-order chi connectivity index (χ0) is 37.4. The topological polar surface area (TPSA) is 132 Å². The largest absolute Gasteiger partial charge is 0.383 e. The summed E-state index contributed by atoms with van der Waals surface area (Å²) < 4.78 is 0. The Bertz CT molecular complexity index is 2120. The molecule has 4 heterocycles. The lowest BCUT2D eigenvalue weighted by Crippen LogP contribution is -2.37. The molecule has 10 heteroatoms. The third-order valence-electron chi connectivity index (χ3n) is 11.0. The lowest BCUT2D eigenvalue weighted by molar-refractivity contribution is 0.327. The number of H-pyrrole nitrogens is 2. The van der Waals surface area contributed by atoms with Gasteiger partial charge in [-0.1, -0.05) is 45.0 Å². The van der Waals surface area contributed by atoms with E-state index in [1.165, 1.54) is 79.7 Å². The minimum absolute atomic E-state index is 0.570. The molecule has 2 fully saturated rings. The summed E-state index contributed by atoms with van der Waals surface area (Å²) in [6.45, 7) is 7.84. The molecular weight excluding hydrogens is 705 g/mol. The van der Waals surface area contributed by atoms with Crippen LogP contribution in [-0.2, 0) is 0 Å². The van der Waals surface area contributed by atoms with Gasteiger partial charge in [0.1, 0.15) is 11.7 Å². The number of nitrogens with zero attached hydrogens (tertiary/aromatic N) is 2. The van der Waals surface area contributed by atoms with E-state index in [1.54, 1.807) is 22.7 Å². The number of hydrogen-bond acceptors (Lipinski definition) is 6. The van der Waals surface area contributed by atoms with Crippen molar-refractivity contribution in [3.63, 3.8) is 0 Å². The fraction of sp³-hybridized carbons (Fsp3) is 0.409. The van der Waals surface area contributed by atoms with Crippen molar-refractivity contribution in [2.75, 3.05) is 6.54 Å². The van der Waals surface area contributed by atoms with Crippen molar-refractivity contribution in [1.82, 2.24) is 20.6 Å². The summed E-state index contributed by atoms with van der Waals surface area (Å²) in [7, 11) is 0. The average molecular weight is 761 g/mol. The second kappa shape index (κ2) is 17.9.